The quantitative estimate of drug-likeness (QED) is 0.391. The summed E-state index contributed by atoms with van der Waals surface area (Å²) in [5.41, 5.74) is 2.39. The lowest BCUT2D eigenvalue weighted by atomic mass is 10.1. The van der Waals surface area contributed by atoms with E-state index in [4.69, 9.17) is 9.72 Å². The van der Waals surface area contributed by atoms with Crippen molar-refractivity contribution < 1.29 is 4.74 Å². The number of rotatable bonds is 12. The van der Waals surface area contributed by atoms with Gasteiger partial charge in [0.15, 0.2) is 0 Å². The largest absolute Gasteiger partial charge is 0.370 e. The van der Waals surface area contributed by atoms with Gasteiger partial charge in [0, 0.05) is 13.2 Å². The molecule has 0 bridgehead atoms. The minimum Gasteiger partial charge on any atom is -0.370 e. The van der Waals surface area contributed by atoms with Crippen molar-refractivity contribution in [2.45, 2.75) is 96.6 Å². The number of hydrogen-bond acceptors (Lipinski definition) is 2. The first-order chi connectivity index (χ1) is 12.9. The van der Waals surface area contributed by atoms with E-state index < -0.39 is 0 Å². The fourth-order valence-corrected chi connectivity index (χ4v) is 4.11. The molecule has 0 N–H and O–H groups in total. The highest BCUT2D eigenvalue weighted by Crippen LogP contribution is 2.30. The standard InChI is InChI=1S/C23H36N2O/c1-2-3-4-5-6-7-8-9-10-13-18-25-21-16-12-11-15-20(21)24-23(25)22-17-14-19-26-22/h11-12,15-16,22H,2-10,13-14,17-19H2,1H3. The van der Waals surface area contributed by atoms with Crippen LogP contribution in [0.2, 0.25) is 0 Å². The van der Waals surface area contributed by atoms with Crippen molar-refractivity contribution in [1.82, 2.24) is 9.55 Å². The van der Waals surface area contributed by atoms with Crippen LogP contribution in [0.4, 0.5) is 0 Å². The average molecular weight is 357 g/mol. The van der Waals surface area contributed by atoms with E-state index in [9.17, 15) is 0 Å². The van der Waals surface area contributed by atoms with Gasteiger partial charge in [-0.25, -0.2) is 4.98 Å². The number of para-hydroxylation sites is 2. The maximum Gasteiger partial charge on any atom is 0.139 e. The van der Waals surface area contributed by atoms with Gasteiger partial charge in [-0.2, -0.15) is 0 Å². The summed E-state index contributed by atoms with van der Waals surface area (Å²) in [7, 11) is 0. The Hall–Kier alpha value is -1.35. The van der Waals surface area contributed by atoms with Crippen molar-refractivity contribution in [3.8, 4) is 0 Å². The third-order valence-electron chi connectivity index (χ3n) is 5.64. The molecule has 1 aliphatic heterocycles. The third-order valence-corrected chi connectivity index (χ3v) is 5.64. The minimum atomic E-state index is 0.200. The molecular weight excluding hydrogens is 320 g/mol. The summed E-state index contributed by atoms with van der Waals surface area (Å²) in [4.78, 5) is 4.90. The van der Waals surface area contributed by atoms with Crippen LogP contribution in [0.25, 0.3) is 11.0 Å². The zero-order valence-electron chi connectivity index (χ0n) is 16.6. The van der Waals surface area contributed by atoms with Gasteiger partial charge < -0.3 is 9.30 Å². The highest BCUT2D eigenvalue weighted by atomic mass is 16.5. The molecule has 3 heteroatoms. The number of aryl methyl sites for hydroxylation is 1. The van der Waals surface area contributed by atoms with Gasteiger partial charge in [0.1, 0.15) is 11.9 Å². The van der Waals surface area contributed by atoms with Crippen LogP contribution < -0.4 is 0 Å². The molecule has 3 nitrogen and oxygen atoms in total. The smallest absolute Gasteiger partial charge is 0.139 e. The van der Waals surface area contributed by atoms with Crippen LogP contribution in [-0.4, -0.2) is 16.2 Å². The molecule has 26 heavy (non-hydrogen) atoms. The fourth-order valence-electron chi connectivity index (χ4n) is 4.11. The predicted octanol–water partition coefficient (Wildman–Crippen LogP) is 6.81. The maximum atomic E-state index is 5.93. The van der Waals surface area contributed by atoms with Gasteiger partial charge >= 0.3 is 0 Å². The van der Waals surface area contributed by atoms with Crippen molar-refractivity contribution in [3.63, 3.8) is 0 Å². The summed E-state index contributed by atoms with van der Waals surface area (Å²) in [6, 6.07) is 8.54. The molecule has 1 atom stereocenters. The van der Waals surface area contributed by atoms with Gasteiger partial charge in [0.05, 0.1) is 11.0 Å². The Labute approximate surface area is 159 Å². The summed E-state index contributed by atoms with van der Waals surface area (Å²) < 4.78 is 8.35. The van der Waals surface area contributed by atoms with Crippen LogP contribution in [0.1, 0.15) is 95.9 Å². The fraction of sp³-hybridized carbons (Fsp3) is 0.696. The molecule has 1 aliphatic rings. The zero-order chi connectivity index (χ0) is 18.0. The van der Waals surface area contributed by atoms with Gasteiger partial charge in [-0.3, -0.25) is 0 Å². The number of ether oxygens (including phenoxy) is 1. The van der Waals surface area contributed by atoms with Crippen molar-refractivity contribution in [2.24, 2.45) is 0 Å². The lowest BCUT2D eigenvalue weighted by Gasteiger charge is -2.13. The molecule has 0 saturated carbocycles. The second-order valence-corrected chi connectivity index (χ2v) is 7.79. The molecule has 3 rings (SSSR count). The Bertz CT molecular complexity index is 643. The van der Waals surface area contributed by atoms with Crippen LogP contribution in [0.5, 0.6) is 0 Å². The normalized spacial score (nSPS) is 17.3. The first-order valence-electron chi connectivity index (χ1n) is 11.0. The van der Waals surface area contributed by atoms with Gasteiger partial charge in [-0.15, -0.1) is 0 Å². The third kappa shape index (κ3) is 5.33. The first-order valence-corrected chi connectivity index (χ1v) is 11.0. The predicted molar refractivity (Wildman–Crippen MR) is 110 cm³/mol. The molecule has 1 aromatic carbocycles. The molecule has 0 amide bonds. The number of nitrogens with zero attached hydrogens (tertiary/aromatic N) is 2. The van der Waals surface area contributed by atoms with Crippen molar-refractivity contribution in [1.29, 1.82) is 0 Å². The van der Waals surface area contributed by atoms with Crippen LogP contribution in [0.3, 0.4) is 0 Å². The summed E-state index contributed by atoms with van der Waals surface area (Å²) in [6.45, 7) is 4.24. The van der Waals surface area contributed by atoms with E-state index in [2.05, 4.69) is 35.8 Å². The van der Waals surface area contributed by atoms with Gasteiger partial charge in [-0.05, 0) is 31.4 Å². The Kier molecular flexibility index (Phi) is 8.00. The van der Waals surface area contributed by atoms with Gasteiger partial charge in [-0.1, -0.05) is 76.8 Å². The summed E-state index contributed by atoms with van der Waals surface area (Å²) >= 11 is 0. The van der Waals surface area contributed by atoms with Crippen molar-refractivity contribution >= 4 is 11.0 Å². The number of aromatic nitrogens is 2. The average Bonchev–Trinajstić information content (AvgIpc) is 3.31. The Morgan fingerprint density at radius 1 is 0.962 bits per heavy atom. The molecule has 0 aliphatic carbocycles. The second kappa shape index (κ2) is 10.7. The minimum absolute atomic E-state index is 0.200. The number of benzene rings is 1. The molecule has 1 unspecified atom stereocenters. The topological polar surface area (TPSA) is 27.1 Å². The van der Waals surface area contributed by atoms with E-state index in [1.54, 1.807) is 0 Å². The van der Waals surface area contributed by atoms with E-state index in [0.717, 1.165) is 37.3 Å². The van der Waals surface area contributed by atoms with E-state index >= 15 is 0 Å². The van der Waals surface area contributed by atoms with Crippen LogP contribution >= 0.6 is 0 Å². The molecular formula is C23H36N2O. The van der Waals surface area contributed by atoms with Crippen LogP contribution in [0, 0.1) is 0 Å². The van der Waals surface area contributed by atoms with Crippen LogP contribution in [0.15, 0.2) is 24.3 Å². The van der Waals surface area contributed by atoms with E-state index in [1.807, 2.05) is 0 Å². The van der Waals surface area contributed by atoms with Crippen molar-refractivity contribution in [3.05, 3.63) is 30.1 Å². The number of fused-ring (bicyclic) bond motifs is 1. The van der Waals surface area contributed by atoms with E-state index in [1.165, 1.54) is 69.7 Å². The molecule has 1 fully saturated rings. The lowest BCUT2D eigenvalue weighted by molar-refractivity contribution is 0.102. The molecule has 2 heterocycles. The Morgan fingerprint density at radius 3 is 2.35 bits per heavy atom. The highest BCUT2D eigenvalue weighted by molar-refractivity contribution is 5.76. The van der Waals surface area contributed by atoms with Crippen molar-refractivity contribution in [2.75, 3.05) is 6.61 Å². The lowest BCUT2D eigenvalue weighted by Crippen LogP contribution is -2.09. The molecule has 0 spiro atoms. The number of unbranched alkanes of at least 4 members (excludes halogenated alkanes) is 9. The van der Waals surface area contributed by atoms with Crippen LogP contribution in [-0.2, 0) is 11.3 Å². The molecule has 0 radical (unpaired) electrons. The highest BCUT2D eigenvalue weighted by Gasteiger charge is 2.24. The monoisotopic (exact) mass is 356 g/mol. The second-order valence-electron chi connectivity index (χ2n) is 7.79. The summed E-state index contributed by atoms with van der Waals surface area (Å²) in [6.07, 6.45) is 16.3. The Balaban J connectivity index is 1.44. The Morgan fingerprint density at radius 2 is 1.65 bits per heavy atom. The molecule has 1 saturated heterocycles. The SMILES string of the molecule is CCCCCCCCCCCCn1c(C2CCCO2)nc2ccccc21. The number of hydrogen-bond donors (Lipinski definition) is 0. The van der Waals surface area contributed by atoms with Gasteiger partial charge in [0.2, 0.25) is 0 Å². The summed E-state index contributed by atoms with van der Waals surface area (Å²) in [5, 5.41) is 0. The number of imidazole rings is 1. The first kappa shape index (κ1) is 19.4. The van der Waals surface area contributed by atoms with E-state index in [0.29, 0.717) is 0 Å². The van der Waals surface area contributed by atoms with Gasteiger partial charge in [0.25, 0.3) is 0 Å². The molecule has 2 aromatic rings. The zero-order valence-corrected chi connectivity index (χ0v) is 16.6. The molecule has 1 aromatic heterocycles. The summed E-state index contributed by atoms with van der Waals surface area (Å²) in [5.74, 6) is 1.15. The molecule has 144 valence electrons. The van der Waals surface area contributed by atoms with E-state index in [-0.39, 0.29) is 6.10 Å². The maximum absolute atomic E-state index is 5.93.